The lowest BCUT2D eigenvalue weighted by atomic mass is 10.1. The number of anilines is 1. The van der Waals surface area contributed by atoms with E-state index in [0.717, 1.165) is 0 Å². The fraction of sp³-hybridized carbons (Fsp3) is 0.238. The molecule has 0 unspecified atom stereocenters. The molecule has 0 heterocycles. The molecule has 2 aromatic rings. The summed E-state index contributed by atoms with van der Waals surface area (Å²) in [5, 5.41) is 2.73. The molecule has 0 saturated heterocycles. The van der Waals surface area contributed by atoms with E-state index >= 15 is 0 Å². The number of benzene rings is 2. The summed E-state index contributed by atoms with van der Waals surface area (Å²) in [6.45, 7) is 7.00. The van der Waals surface area contributed by atoms with Gasteiger partial charge in [0.05, 0.1) is 10.3 Å². The van der Waals surface area contributed by atoms with Crippen LogP contribution in [0.15, 0.2) is 66.1 Å². The average Bonchev–Trinajstić information content (AvgIpc) is 3.34. The maximum Gasteiger partial charge on any atom is 0.264 e. The molecule has 2 aromatic carbocycles. The highest BCUT2D eigenvalue weighted by molar-refractivity contribution is 7.90. The van der Waals surface area contributed by atoms with Crippen molar-refractivity contribution >= 4 is 27.5 Å². The Bertz CT molecular complexity index is 1050. The maximum absolute atomic E-state index is 12.6. The Morgan fingerprint density at radius 1 is 1.18 bits per heavy atom. The third-order valence-electron chi connectivity index (χ3n) is 5.09. The van der Waals surface area contributed by atoms with Gasteiger partial charge < -0.3 is 5.32 Å². The standard InChI is InChI=1S/C21H22N2O4S/c1-4-16-13-21(16,3)20(25)23-28(26,27)18-11-10-17(12-14(18)2)22-19(24)15-8-6-5-7-9-15/h4-12,16H,1,13H2,2-3H3,(H,22,24)(H,23,25)/t16-,21+/m1/s1. The highest BCUT2D eigenvalue weighted by Gasteiger charge is 2.55. The molecule has 2 N–H and O–H groups in total. The molecule has 0 aromatic heterocycles. The zero-order chi connectivity index (χ0) is 20.5. The number of hydrogen-bond acceptors (Lipinski definition) is 4. The summed E-state index contributed by atoms with van der Waals surface area (Å²) in [5.41, 5.74) is 0.662. The lowest BCUT2D eigenvalue weighted by Crippen LogP contribution is -2.36. The van der Waals surface area contributed by atoms with Gasteiger partial charge in [-0.1, -0.05) is 31.2 Å². The number of aryl methyl sites for hydroxylation is 1. The van der Waals surface area contributed by atoms with Gasteiger partial charge in [0, 0.05) is 11.3 Å². The van der Waals surface area contributed by atoms with Gasteiger partial charge in [0.25, 0.3) is 15.9 Å². The van der Waals surface area contributed by atoms with Crippen molar-refractivity contribution in [3.05, 3.63) is 72.3 Å². The van der Waals surface area contributed by atoms with Crippen molar-refractivity contribution in [2.24, 2.45) is 11.3 Å². The van der Waals surface area contributed by atoms with Gasteiger partial charge in [0.2, 0.25) is 5.91 Å². The van der Waals surface area contributed by atoms with Crippen molar-refractivity contribution in [1.82, 2.24) is 4.72 Å². The Kier molecular flexibility index (Phi) is 5.12. The molecule has 0 aliphatic heterocycles. The minimum Gasteiger partial charge on any atom is -0.322 e. The topological polar surface area (TPSA) is 92.3 Å². The van der Waals surface area contributed by atoms with Crippen LogP contribution in [0.1, 0.15) is 29.3 Å². The molecule has 1 fully saturated rings. The van der Waals surface area contributed by atoms with Crippen molar-refractivity contribution in [3.63, 3.8) is 0 Å². The highest BCUT2D eigenvalue weighted by atomic mass is 32.2. The molecule has 1 aliphatic rings. The molecular formula is C21H22N2O4S. The Morgan fingerprint density at radius 2 is 1.86 bits per heavy atom. The zero-order valence-corrected chi connectivity index (χ0v) is 16.5. The second-order valence-electron chi connectivity index (χ2n) is 7.20. The van der Waals surface area contributed by atoms with Crippen LogP contribution in [0.4, 0.5) is 5.69 Å². The molecule has 7 heteroatoms. The van der Waals surface area contributed by atoms with Crippen LogP contribution in [-0.4, -0.2) is 20.2 Å². The van der Waals surface area contributed by atoms with E-state index in [1.165, 1.54) is 12.1 Å². The van der Waals surface area contributed by atoms with E-state index in [4.69, 9.17) is 0 Å². The minimum absolute atomic E-state index is 0.00189. The molecular weight excluding hydrogens is 376 g/mol. The third-order valence-corrected chi connectivity index (χ3v) is 6.58. The number of carbonyl (C=O) groups is 2. The molecule has 2 atom stereocenters. The zero-order valence-electron chi connectivity index (χ0n) is 15.7. The number of amides is 2. The van der Waals surface area contributed by atoms with Crippen LogP contribution in [-0.2, 0) is 14.8 Å². The van der Waals surface area contributed by atoms with E-state index in [2.05, 4.69) is 16.6 Å². The summed E-state index contributed by atoms with van der Waals surface area (Å²) in [7, 11) is -4.01. The molecule has 28 heavy (non-hydrogen) atoms. The second kappa shape index (κ2) is 7.24. The quantitative estimate of drug-likeness (QED) is 0.731. The van der Waals surface area contributed by atoms with E-state index in [-0.39, 0.29) is 16.7 Å². The summed E-state index contributed by atoms with van der Waals surface area (Å²) in [4.78, 5) is 24.6. The first kappa shape index (κ1) is 19.8. The number of sulfonamides is 1. The normalized spacial score (nSPS) is 20.9. The molecule has 146 valence electrons. The molecule has 0 radical (unpaired) electrons. The summed E-state index contributed by atoms with van der Waals surface area (Å²) in [6.07, 6.45) is 2.25. The van der Waals surface area contributed by atoms with Crippen LogP contribution < -0.4 is 10.0 Å². The predicted octanol–water partition coefficient (Wildman–Crippen LogP) is 3.26. The number of hydrogen-bond donors (Lipinski definition) is 2. The summed E-state index contributed by atoms with van der Waals surface area (Å²) in [6, 6.07) is 13.1. The van der Waals surface area contributed by atoms with Crippen LogP contribution >= 0.6 is 0 Å². The van der Waals surface area contributed by atoms with Crippen molar-refractivity contribution in [2.45, 2.75) is 25.2 Å². The fourth-order valence-corrected chi connectivity index (χ4v) is 4.43. The summed E-state index contributed by atoms with van der Waals surface area (Å²) in [5.74, 6) is -0.835. The van der Waals surface area contributed by atoms with Crippen LogP contribution in [0, 0.1) is 18.3 Å². The molecule has 1 saturated carbocycles. The Labute approximate surface area is 164 Å². The van der Waals surface area contributed by atoms with E-state index in [9.17, 15) is 18.0 Å². The predicted molar refractivity (Wildman–Crippen MR) is 107 cm³/mol. The summed E-state index contributed by atoms with van der Waals surface area (Å²) >= 11 is 0. The molecule has 0 spiro atoms. The van der Waals surface area contributed by atoms with E-state index in [0.29, 0.717) is 23.2 Å². The first-order valence-corrected chi connectivity index (χ1v) is 10.3. The van der Waals surface area contributed by atoms with Gasteiger partial charge in [0.1, 0.15) is 0 Å². The lowest BCUT2D eigenvalue weighted by Gasteiger charge is -2.14. The largest absolute Gasteiger partial charge is 0.322 e. The fourth-order valence-electron chi connectivity index (χ4n) is 3.12. The Balaban J connectivity index is 1.75. The van der Waals surface area contributed by atoms with Gasteiger partial charge in [-0.25, -0.2) is 13.1 Å². The van der Waals surface area contributed by atoms with E-state index < -0.39 is 21.3 Å². The molecule has 3 rings (SSSR count). The first-order chi connectivity index (χ1) is 13.2. The van der Waals surface area contributed by atoms with Crippen molar-refractivity contribution in [2.75, 3.05) is 5.32 Å². The van der Waals surface area contributed by atoms with Gasteiger partial charge in [-0.3, -0.25) is 9.59 Å². The van der Waals surface area contributed by atoms with Gasteiger partial charge in [-0.05, 0) is 55.2 Å². The maximum atomic E-state index is 12.6. The van der Waals surface area contributed by atoms with Gasteiger partial charge in [-0.15, -0.1) is 6.58 Å². The molecule has 2 amide bonds. The number of carbonyl (C=O) groups excluding carboxylic acids is 2. The summed E-state index contributed by atoms with van der Waals surface area (Å²) < 4.78 is 27.4. The number of nitrogens with one attached hydrogen (secondary N) is 2. The third kappa shape index (κ3) is 3.84. The van der Waals surface area contributed by atoms with Crippen molar-refractivity contribution in [1.29, 1.82) is 0 Å². The molecule has 1 aliphatic carbocycles. The smallest absolute Gasteiger partial charge is 0.264 e. The Hall–Kier alpha value is -2.93. The minimum atomic E-state index is -4.01. The molecule has 0 bridgehead atoms. The van der Waals surface area contributed by atoms with Crippen molar-refractivity contribution in [3.8, 4) is 0 Å². The van der Waals surface area contributed by atoms with Gasteiger partial charge in [0.15, 0.2) is 0 Å². The average molecular weight is 398 g/mol. The second-order valence-corrected chi connectivity index (χ2v) is 8.85. The Morgan fingerprint density at radius 3 is 2.43 bits per heavy atom. The number of allylic oxidation sites excluding steroid dienone is 1. The van der Waals surface area contributed by atoms with E-state index in [1.54, 1.807) is 50.3 Å². The highest BCUT2D eigenvalue weighted by Crippen LogP contribution is 2.53. The van der Waals surface area contributed by atoms with Crippen molar-refractivity contribution < 1.29 is 18.0 Å². The van der Waals surface area contributed by atoms with Gasteiger partial charge >= 0.3 is 0 Å². The first-order valence-electron chi connectivity index (χ1n) is 8.84. The van der Waals surface area contributed by atoms with Crippen LogP contribution in [0.5, 0.6) is 0 Å². The number of rotatable bonds is 6. The lowest BCUT2D eigenvalue weighted by molar-refractivity contribution is -0.124. The monoisotopic (exact) mass is 398 g/mol. The van der Waals surface area contributed by atoms with Crippen LogP contribution in [0.25, 0.3) is 0 Å². The van der Waals surface area contributed by atoms with Gasteiger partial charge in [-0.2, -0.15) is 0 Å². The molecule has 6 nitrogen and oxygen atoms in total. The van der Waals surface area contributed by atoms with Crippen LogP contribution in [0.3, 0.4) is 0 Å². The van der Waals surface area contributed by atoms with E-state index in [1.807, 2.05) is 6.07 Å². The SMILES string of the molecule is C=C[C@@H]1C[C@]1(C)C(=O)NS(=O)(=O)c1ccc(NC(=O)c2ccccc2)cc1C. The van der Waals surface area contributed by atoms with Crippen LogP contribution in [0.2, 0.25) is 0 Å².